The van der Waals surface area contributed by atoms with Gasteiger partial charge in [0.25, 0.3) is 0 Å². The van der Waals surface area contributed by atoms with E-state index >= 15 is 0 Å². The third-order valence-corrected chi connectivity index (χ3v) is 4.29. The van der Waals surface area contributed by atoms with Gasteiger partial charge in [-0.05, 0) is 68.2 Å². The van der Waals surface area contributed by atoms with Crippen LogP contribution in [0.3, 0.4) is 0 Å². The molecule has 2 aliphatic rings. The van der Waals surface area contributed by atoms with Crippen molar-refractivity contribution in [3.05, 3.63) is 23.8 Å². The van der Waals surface area contributed by atoms with E-state index in [4.69, 9.17) is 15.2 Å². The van der Waals surface area contributed by atoms with Crippen LogP contribution in [0.15, 0.2) is 18.2 Å². The maximum absolute atomic E-state index is 5.64. The third-order valence-electron chi connectivity index (χ3n) is 4.29. The Morgan fingerprint density at radius 2 is 1.83 bits per heavy atom. The van der Waals surface area contributed by atoms with Gasteiger partial charge in [-0.1, -0.05) is 6.07 Å². The number of hydrogen-bond acceptors (Lipinski definition) is 3. The number of fused-ring (bicyclic) bond motifs is 1. The van der Waals surface area contributed by atoms with Gasteiger partial charge in [0.1, 0.15) is 0 Å². The molecule has 3 rings (SSSR count). The highest BCUT2D eigenvalue weighted by molar-refractivity contribution is 5.45. The first-order valence-electron chi connectivity index (χ1n) is 6.96. The topological polar surface area (TPSA) is 44.5 Å². The largest absolute Gasteiger partial charge is 0.454 e. The SMILES string of the molecule is NCCC1CCC(c2ccc3c(c2)OCO3)CC1. The fraction of sp³-hybridized carbons (Fsp3) is 0.600. The van der Waals surface area contributed by atoms with E-state index < -0.39 is 0 Å². The predicted molar refractivity (Wildman–Crippen MR) is 70.9 cm³/mol. The van der Waals surface area contributed by atoms with E-state index in [0.717, 1.165) is 24.0 Å². The van der Waals surface area contributed by atoms with Crippen molar-refractivity contribution in [1.82, 2.24) is 0 Å². The van der Waals surface area contributed by atoms with Gasteiger partial charge in [-0.15, -0.1) is 0 Å². The fourth-order valence-corrected chi connectivity index (χ4v) is 3.19. The summed E-state index contributed by atoms with van der Waals surface area (Å²) in [6, 6.07) is 6.40. The second-order valence-electron chi connectivity index (χ2n) is 5.41. The van der Waals surface area contributed by atoms with Crippen molar-refractivity contribution in [3.8, 4) is 11.5 Å². The van der Waals surface area contributed by atoms with Crippen LogP contribution >= 0.6 is 0 Å². The van der Waals surface area contributed by atoms with Crippen molar-refractivity contribution in [3.63, 3.8) is 0 Å². The summed E-state index contributed by atoms with van der Waals surface area (Å²) in [5.41, 5.74) is 7.04. The zero-order valence-electron chi connectivity index (χ0n) is 10.7. The average molecular weight is 247 g/mol. The molecule has 3 heteroatoms. The maximum Gasteiger partial charge on any atom is 0.231 e. The predicted octanol–water partition coefficient (Wildman–Crippen LogP) is 3.04. The minimum Gasteiger partial charge on any atom is -0.454 e. The molecule has 0 radical (unpaired) electrons. The molecule has 1 aliphatic heterocycles. The zero-order chi connectivity index (χ0) is 12.4. The molecule has 98 valence electrons. The summed E-state index contributed by atoms with van der Waals surface area (Å²) in [4.78, 5) is 0. The highest BCUT2D eigenvalue weighted by Gasteiger charge is 2.23. The van der Waals surface area contributed by atoms with E-state index in [1.807, 2.05) is 6.07 Å². The molecule has 1 fully saturated rings. The van der Waals surface area contributed by atoms with Gasteiger partial charge in [0.15, 0.2) is 11.5 Å². The van der Waals surface area contributed by atoms with Crippen molar-refractivity contribution in [2.75, 3.05) is 13.3 Å². The molecule has 1 aromatic carbocycles. The molecule has 3 nitrogen and oxygen atoms in total. The smallest absolute Gasteiger partial charge is 0.231 e. The molecule has 2 N–H and O–H groups in total. The summed E-state index contributed by atoms with van der Waals surface area (Å²) in [5.74, 6) is 3.33. The van der Waals surface area contributed by atoms with Gasteiger partial charge in [0, 0.05) is 0 Å². The lowest BCUT2D eigenvalue weighted by atomic mass is 9.77. The minimum absolute atomic E-state index is 0.363. The molecular weight excluding hydrogens is 226 g/mol. The summed E-state index contributed by atoms with van der Waals surface area (Å²) in [7, 11) is 0. The van der Waals surface area contributed by atoms with Crippen LogP contribution in [-0.4, -0.2) is 13.3 Å². The van der Waals surface area contributed by atoms with E-state index in [1.54, 1.807) is 0 Å². The van der Waals surface area contributed by atoms with Crippen LogP contribution in [0.2, 0.25) is 0 Å². The van der Waals surface area contributed by atoms with Crippen molar-refractivity contribution >= 4 is 0 Å². The van der Waals surface area contributed by atoms with Crippen molar-refractivity contribution < 1.29 is 9.47 Å². The standard InChI is InChI=1S/C15H21NO2/c16-8-7-11-1-3-12(4-2-11)13-5-6-14-15(9-13)18-10-17-14/h5-6,9,11-12H,1-4,7-8,10,16H2. The Labute approximate surface area is 108 Å². The summed E-state index contributed by atoms with van der Waals surface area (Å²) in [6.45, 7) is 1.20. The molecule has 0 amide bonds. The quantitative estimate of drug-likeness (QED) is 0.893. The highest BCUT2D eigenvalue weighted by Crippen LogP contribution is 2.40. The van der Waals surface area contributed by atoms with Gasteiger partial charge in [-0.3, -0.25) is 0 Å². The first kappa shape index (κ1) is 11.8. The minimum atomic E-state index is 0.363. The number of ether oxygens (including phenoxy) is 2. The second kappa shape index (κ2) is 5.19. The lowest BCUT2D eigenvalue weighted by Crippen LogP contribution is -2.16. The lowest BCUT2D eigenvalue weighted by molar-refractivity contribution is 0.174. The lowest BCUT2D eigenvalue weighted by Gasteiger charge is -2.28. The van der Waals surface area contributed by atoms with Gasteiger partial charge >= 0.3 is 0 Å². The molecular formula is C15H21NO2. The summed E-state index contributed by atoms with van der Waals surface area (Å²) >= 11 is 0. The van der Waals surface area contributed by atoms with Crippen LogP contribution in [0.4, 0.5) is 0 Å². The molecule has 1 heterocycles. The molecule has 1 aliphatic carbocycles. The van der Waals surface area contributed by atoms with Crippen LogP contribution in [-0.2, 0) is 0 Å². The summed E-state index contributed by atoms with van der Waals surface area (Å²) in [6.07, 6.45) is 6.38. The molecule has 0 saturated heterocycles. The number of benzene rings is 1. The monoisotopic (exact) mass is 247 g/mol. The molecule has 18 heavy (non-hydrogen) atoms. The average Bonchev–Trinajstić information content (AvgIpc) is 2.87. The van der Waals surface area contributed by atoms with Crippen LogP contribution in [0.25, 0.3) is 0 Å². The Kier molecular flexibility index (Phi) is 3.41. The van der Waals surface area contributed by atoms with Crippen LogP contribution in [0, 0.1) is 5.92 Å². The molecule has 1 aromatic rings. The summed E-state index contributed by atoms with van der Waals surface area (Å²) < 4.78 is 10.8. The third kappa shape index (κ3) is 2.32. The molecule has 0 unspecified atom stereocenters. The number of rotatable bonds is 3. The van der Waals surface area contributed by atoms with Crippen molar-refractivity contribution in [2.45, 2.75) is 38.0 Å². The molecule has 0 atom stereocenters. The fourth-order valence-electron chi connectivity index (χ4n) is 3.19. The molecule has 0 bridgehead atoms. The van der Waals surface area contributed by atoms with Gasteiger partial charge in [0.2, 0.25) is 6.79 Å². The Bertz CT molecular complexity index is 411. The highest BCUT2D eigenvalue weighted by atomic mass is 16.7. The van der Waals surface area contributed by atoms with Crippen molar-refractivity contribution in [2.24, 2.45) is 11.7 Å². The normalized spacial score (nSPS) is 26.3. The van der Waals surface area contributed by atoms with E-state index in [1.165, 1.54) is 37.7 Å². The molecule has 0 aromatic heterocycles. The Morgan fingerprint density at radius 1 is 1.06 bits per heavy atom. The van der Waals surface area contributed by atoms with Gasteiger partial charge < -0.3 is 15.2 Å². The van der Waals surface area contributed by atoms with E-state index in [9.17, 15) is 0 Å². The van der Waals surface area contributed by atoms with E-state index in [-0.39, 0.29) is 0 Å². The number of hydrogen-bond donors (Lipinski definition) is 1. The van der Waals surface area contributed by atoms with E-state index in [0.29, 0.717) is 12.7 Å². The van der Waals surface area contributed by atoms with Gasteiger partial charge in [-0.2, -0.15) is 0 Å². The molecule has 0 spiro atoms. The Morgan fingerprint density at radius 3 is 2.61 bits per heavy atom. The first-order valence-corrected chi connectivity index (χ1v) is 6.96. The van der Waals surface area contributed by atoms with Gasteiger partial charge in [0.05, 0.1) is 0 Å². The van der Waals surface area contributed by atoms with E-state index in [2.05, 4.69) is 12.1 Å². The maximum atomic E-state index is 5.64. The van der Waals surface area contributed by atoms with Crippen molar-refractivity contribution in [1.29, 1.82) is 0 Å². The van der Waals surface area contributed by atoms with Crippen LogP contribution < -0.4 is 15.2 Å². The second-order valence-corrected chi connectivity index (χ2v) is 5.41. The summed E-state index contributed by atoms with van der Waals surface area (Å²) in [5, 5.41) is 0. The van der Waals surface area contributed by atoms with Gasteiger partial charge in [-0.25, -0.2) is 0 Å². The Balaban J connectivity index is 1.66. The Hall–Kier alpha value is -1.22. The number of nitrogens with two attached hydrogens (primary N) is 1. The zero-order valence-corrected chi connectivity index (χ0v) is 10.7. The first-order chi connectivity index (χ1) is 8.86. The molecule has 1 saturated carbocycles. The van der Waals surface area contributed by atoms with Crippen LogP contribution in [0.1, 0.15) is 43.6 Å². The van der Waals surface area contributed by atoms with Crippen LogP contribution in [0.5, 0.6) is 11.5 Å².